The fourth-order valence-electron chi connectivity index (χ4n) is 2.88. The summed E-state index contributed by atoms with van der Waals surface area (Å²) in [4.78, 5) is 26.3. The smallest absolute Gasteiger partial charge is 0.231 e. The zero-order chi connectivity index (χ0) is 16.6. The topological polar surface area (TPSA) is 75.4 Å². The Bertz CT molecular complexity index is 766. The highest BCUT2D eigenvalue weighted by atomic mass is 16.5. The van der Waals surface area contributed by atoms with Crippen LogP contribution in [0.25, 0.3) is 0 Å². The fraction of sp³-hybridized carbons (Fsp3) is 0.353. The molecule has 1 aromatic heterocycles. The predicted molar refractivity (Wildman–Crippen MR) is 86.2 cm³/mol. The molecule has 1 saturated heterocycles. The lowest BCUT2D eigenvalue weighted by molar-refractivity contribution is -0.122. The molecule has 1 aliphatic rings. The van der Waals surface area contributed by atoms with Gasteiger partial charge in [0.2, 0.25) is 11.8 Å². The lowest BCUT2D eigenvalue weighted by Crippen LogP contribution is -2.28. The van der Waals surface area contributed by atoms with E-state index in [9.17, 15) is 9.59 Å². The van der Waals surface area contributed by atoms with Crippen LogP contribution in [-0.2, 0) is 9.59 Å². The number of benzene rings is 1. The van der Waals surface area contributed by atoms with Gasteiger partial charge >= 0.3 is 0 Å². The minimum absolute atomic E-state index is 0.0339. The van der Waals surface area contributed by atoms with Crippen molar-refractivity contribution < 1.29 is 14.1 Å². The Hall–Kier alpha value is -2.63. The molecule has 0 spiro atoms. The third-order valence-corrected chi connectivity index (χ3v) is 4.02. The first-order chi connectivity index (χ1) is 10.9. The van der Waals surface area contributed by atoms with Crippen LogP contribution in [0.5, 0.6) is 0 Å². The van der Waals surface area contributed by atoms with Gasteiger partial charge < -0.3 is 14.7 Å². The van der Waals surface area contributed by atoms with Crippen molar-refractivity contribution in [3.05, 3.63) is 41.2 Å². The van der Waals surface area contributed by atoms with Crippen LogP contribution in [0.1, 0.15) is 23.3 Å². The second kappa shape index (κ2) is 5.87. The number of anilines is 2. The van der Waals surface area contributed by atoms with Gasteiger partial charge in [-0.2, -0.15) is 0 Å². The van der Waals surface area contributed by atoms with Crippen LogP contribution in [0.3, 0.4) is 0 Å². The zero-order valence-electron chi connectivity index (χ0n) is 13.4. The van der Waals surface area contributed by atoms with E-state index in [0.717, 1.165) is 16.8 Å². The standard InChI is InChI=1S/C17H19N3O3/c1-10-4-5-14(11(2)6-10)20-9-13(8-16(20)21)17(22)18-15-7-12(3)23-19-15/h4-7,13H,8-9H2,1-3H3,(H,18,19,22)/t13-/m0/s1. The van der Waals surface area contributed by atoms with Gasteiger partial charge in [-0.3, -0.25) is 9.59 Å². The van der Waals surface area contributed by atoms with E-state index in [2.05, 4.69) is 10.5 Å². The van der Waals surface area contributed by atoms with E-state index in [0.29, 0.717) is 18.1 Å². The molecule has 120 valence electrons. The average Bonchev–Trinajstić information content (AvgIpc) is 3.05. The normalized spacial score (nSPS) is 17.6. The molecule has 2 amide bonds. The van der Waals surface area contributed by atoms with Crippen molar-refractivity contribution in [2.75, 3.05) is 16.8 Å². The molecule has 1 aromatic carbocycles. The number of nitrogens with one attached hydrogen (secondary N) is 1. The highest BCUT2D eigenvalue weighted by Crippen LogP contribution is 2.29. The largest absolute Gasteiger partial charge is 0.360 e. The Morgan fingerprint density at radius 2 is 2.09 bits per heavy atom. The van der Waals surface area contributed by atoms with E-state index < -0.39 is 0 Å². The number of nitrogens with zero attached hydrogens (tertiary/aromatic N) is 2. The van der Waals surface area contributed by atoms with Crippen molar-refractivity contribution in [1.82, 2.24) is 5.16 Å². The summed E-state index contributed by atoms with van der Waals surface area (Å²) in [5, 5.41) is 6.44. The van der Waals surface area contributed by atoms with Crippen molar-refractivity contribution in [1.29, 1.82) is 0 Å². The van der Waals surface area contributed by atoms with Crippen LogP contribution in [-0.4, -0.2) is 23.5 Å². The van der Waals surface area contributed by atoms with Crippen molar-refractivity contribution in [3.63, 3.8) is 0 Å². The van der Waals surface area contributed by atoms with Crippen LogP contribution in [0, 0.1) is 26.7 Å². The molecule has 23 heavy (non-hydrogen) atoms. The Kier molecular flexibility index (Phi) is 3.90. The molecule has 0 bridgehead atoms. The molecule has 0 saturated carbocycles. The number of carbonyl (C=O) groups is 2. The van der Waals surface area contributed by atoms with Gasteiger partial charge in [0.25, 0.3) is 0 Å². The van der Waals surface area contributed by atoms with Crippen molar-refractivity contribution in [3.8, 4) is 0 Å². The van der Waals surface area contributed by atoms with E-state index in [4.69, 9.17) is 4.52 Å². The first-order valence-corrected chi connectivity index (χ1v) is 7.56. The molecular weight excluding hydrogens is 294 g/mol. The highest BCUT2D eigenvalue weighted by Gasteiger charge is 2.35. The Morgan fingerprint density at radius 3 is 2.74 bits per heavy atom. The maximum atomic E-state index is 12.3. The summed E-state index contributed by atoms with van der Waals surface area (Å²) in [5.41, 5.74) is 3.05. The Labute approximate surface area is 134 Å². The summed E-state index contributed by atoms with van der Waals surface area (Å²) in [6.07, 6.45) is 0.204. The lowest BCUT2D eigenvalue weighted by atomic mass is 10.1. The van der Waals surface area contributed by atoms with E-state index in [1.54, 1.807) is 17.9 Å². The summed E-state index contributed by atoms with van der Waals surface area (Å²) >= 11 is 0. The third-order valence-electron chi connectivity index (χ3n) is 4.02. The molecule has 2 heterocycles. The van der Waals surface area contributed by atoms with Gasteiger partial charge in [-0.25, -0.2) is 0 Å². The summed E-state index contributed by atoms with van der Waals surface area (Å²) in [6, 6.07) is 7.59. The minimum atomic E-state index is -0.389. The molecule has 6 heteroatoms. The number of rotatable bonds is 3. The minimum Gasteiger partial charge on any atom is -0.360 e. The molecule has 1 N–H and O–H groups in total. The molecule has 0 unspecified atom stereocenters. The molecular formula is C17H19N3O3. The van der Waals surface area contributed by atoms with Gasteiger partial charge in [-0.05, 0) is 32.4 Å². The summed E-state index contributed by atoms with van der Waals surface area (Å²) in [6.45, 7) is 6.12. The van der Waals surface area contributed by atoms with Crippen molar-refractivity contribution in [2.24, 2.45) is 5.92 Å². The van der Waals surface area contributed by atoms with E-state index in [-0.39, 0.29) is 24.2 Å². The molecule has 1 fully saturated rings. The molecule has 1 atom stereocenters. The van der Waals surface area contributed by atoms with E-state index >= 15 is 0 Å². The molecule has 0 radical (unpaired) electrons. The van der Waals surface area contributed by atoms with Crippen molar-refractivity contribution in [2.45, 2.75) is 27.2 Å². The number of aromatic nitrogens is 1. The van der Waals surface area contributed by atoms with Crippen LogP contribution in [0.2, 0.25) is 0 Å². The maximum absolute atomic E-state index is 12.3. The summed E-state index contributed by atoms with van der Waals surface area (Å²) < 4.78 is 4.92. The van der Waals surface area contributed by atoms with Gasteiger partial charge in [0.1, 0.15) is 5.76 Å². The maximum Gasteiger partial charge on any atom is 0.231 e. The Balaban J connectivity index is 1.73. The van der Waals surface area contributed by atoms with Crippen LogP contribution >= 0.6 is 0 Å². The average molecular weight is 313 g/mol. The first-order valence-electron chi connectivity index (χ1n) is 7.56. The van der Waals surface area contributed by atoms with Crippen molar-refractivity contribution >= 4 is 23.3 Å². The SMILES string of the molecule is Cc1ccc(N2C[C@@H](C(=O)Nc3cc(C)on3)CC2=O)c(C)c1. The van der Waals surface area contributed by atoms with E-state index in [1.807, 2.05) is 32.0 Å². The first kappa shape index (κ1) is 15.3. The second-order valence-corrected chi connectivity index (χ2v) is 6.01. The second-order valence-electron chi connectivity index (χ2n) is 6.01. The quantitative estimate of drug-likeness (QED) is 0.945. The van der Waals surface area contributed by atoms with Gasteiger partial charge in [0.05, 0.1) is 5.92 Å². The molecule has 0 aliphatic carbocycles. The van der Waals surface area contributed by atoms with Gasteiger partial charge in [-0.15, -0.1) is 0 Å². The molecule has 2 aromatic rings. The van der Waals surface area contributed by atoms with Crippen LogP contribution in [0.4, 0.5) is 11.5 Å². The number of amides is 2. The molecule has 1 aliphatic heterocycles. The third kappa shape index (κ3) is 3.11. The number of hydrogen-bond acceptors (Lipinski definition) is 4. The summed E-state index contributed by atoms with van der Waals surface area (Å²) in [7, 11) is 0. The monoisotopic (exact) mass is 313 g/mol. The number of hydrogen-bond donors (Lipinski definition) is 1. The number of carbonyl (C=O) groups excluding carboxylic acids is 2. The lowest BCUT2D eigenvalue weighted by Gasteiger charge is -2.19. The van der Waals surface area contributed by atoms with Crippen LogP contribution in [0.15, 0.2) is 28.8 Å². The fourth-order valence-corrected chi connectivity index (χ4v) is 2.88. The molecule has 3 rings (SSSR count). The number of aryl methyl sites for hydroxylation is 3. The zero-order valence-corrected chi connectivity index (χ0v) is 13.4. The van der Waals surface area contributed by atoms with E-state index in [1.165, 1.54) is 0 Å². The Morgan fingerprint density at radius 1 is 1.30 bits per heavy atom. The molecule has 6 nitrogen and oxygen atoms in total. The van der Waals surface area contributed by atoms with Gasteiger partial charge in [0, 0.05) is 24.7 Å². The van der Waals surface area contributed by atoms with Gasteiger partial charge in [0.15, 0.2) is 5.82 Å². The summed E-state index contributed by atoms with van der Waals surface area (Å²) in [5.74, 6) is 0.372. The predicted octanol–water partition coefficient (Wildman–Crippen LogP) is 2.59. The van der Waals surface area contributed by atoms with Gasteiger partial charge in [-0.1, -0.05) is 22.9 Å². The van der Waals surface area contributed by atoms with Crippen LogP contribution < -0.4 is 10.2 Å². The highest BCUT2D eigenvalue weighted by molar-refractivity contribution is 6.03.